The molecule has 0 aliphatic rings. The van der Waals surface area contributed by atoms with E-state index in [1.165, 1.54) is 16.2 Å². The fraction of sp³-hybridized carbons (Fsp3) is 0.263. The summed E-state index contributed by atoms with van der Waals surface area (Å²) in [6.07, 6.45) is 5.54. The minimum atomic E-state index is -0.160. The molecular formula is C19H20N2O. The molecule has 3 heteroatoms. The molecule has 0 aliphatic heterocycles. The van der Waals surface area contributed by atoms with Crippen LogP contribution in [0.25, 0.3) is 12.2 Å². The van der Waals surface area contributed by atoms with E-state index >= 15 is 0 Å². The third-order valence-corrected chi connectivity index (χ3v) is 3.51. The average molecular weight is 292 g/mol. The molecule has 0 saturated carbocycles. The van der Waals surface area contributed by atoms with Crippen LogP contribution in [0.3, 0.4) is 0 Å². The summed E-state index contributed by atoms with van der Waals surface area (Å²) >= 11 is 0. The summed E-state index contributed by atoms with van der Waals surface area (Å²) in [4.78, 5) is 11.8. The third-order valence-electron chi connectivity index (χ3n) is 3.51. The Kier molecular flexibility index (Phi) is 4.62. The molecule has 0 aliphatic carbocycles. The number of aromatic nitrogens is 1. The van der Waals surface area contributed by atoms with Crippen LogP contribution in [0, 0.1) is 11.3 Å². The van der Waals surface area contributed by atoms with Crippen LogP contribution in [0.5, 0.6) is 0 Å². The van der Waals surface area contributed by atoms with Crippen molar-refractivity contribution in [3.8, 4) is 6.07 Å². The largest absolute Gasteiger partial charge is 0.302 e. The van der Waals surface area contributed by atoms with Gasteiger partial charge in [-0.3, -0.25) is 4.79 Å². The van der Waals surface area contributed by atoms with Gasteiger partial charge in [0.15, 0.2) is 0 Å². The molecule has 0 unspecified atom stereocenters. The number of nitrogens with zero attached hydrogens (tertiary/aromatic N) is 2. The smallest absolute Gasteiger partial charge is 0.252 e. The molecule has 112 valence electrons. The fourth-order valence-electron chi connectivity index (χ4n) is 2.12. The first-order valence-corrected chi connectivity index (χ1v) is 7.26. The average Bonchev–Trinajstić information content (AvgIpc) is 2.47. The Hall–Kier alpha value is -2.60. The summed E-state index contributed by atoms with van der Waals surface area (Å²) in [5, 5.41) is 8.62. The lowest BCUT2D eigenvalue weighted by Gasteiger charge is -2.18. The molecule has 0 fully saturated rings. The molecule has 2 rings (SSSR count). The van der Waals surface area contributed by atoms with E-state index in [1.54, 1.807) is 6.20 Å². The van der Waals surface area contributed by atoms with Gasteiger partial charge in [0, 0.05) is 12.3 Å². The van der Waals surface area contributed by atoms with Gasteiger partial charge in [0.1, 0.15) is 6.54 Å². The molecule has 0 saturated heterocycles. The van der Waals surface area contributed by atoms with Crippen LogP contribution in [-0.2, 0) is 12.0 Å². The number of nitriles is 1. The number of benzene rings is 1. The first-order chi connectivity index (χ1) is 10.4. The lowest BCUT2D eigenvalue weighted by molar-refractivity contribution is 0.590. The van der Waals surface area contributed by atoms with E-state index in [1.807, 2.05) is 24.3 Å². The highest BCUT2D eigenvalue weighted by Crippen LogP contribution is 2.22. The molecule has 2 aromatic rings. The van der Waals surface area contributed by atoms with Crippen molar-refractivity contribution in [2.75, 3.05) is 0 Å². The second-order valence-corrected chi connectivity index (χ2v) is 6.29. The molecule has 1 heterocycles. The van der Waals surface area contributed by atoms with Crippen LogP contribution in [0.4, 0.5) is 0 Å². The van der Waals surface area contributed by atoms with Gasteiger partial charge < -0.3 is 4.57 Å². The Balaban J connectivity index is 2.17. The van der Waals surface area contributed by atoms with E-state index in [2.05, 4.69) is 45.0 Å². The van der Waals surface area contributed by atoms with Crippen molar-refractivity contribution in [1.82, 2.24) is 4.57 Å². The van der Waals surface area contributed by atoms with E-state index in [0.717, 1.165) is 11.1 Å². The van der Waals surface area contributed by atoms with Crippen molar-refractivity contribution in [2.45, 2.75) is 32.7 Å². The predicted molar refractivity (Wildman–Crippen MR) is 90.4 cm³/mol. The zero-order valence-electron chi connectivity index (χ0n) is 13.2. The highest BCUT2D eigenvalue weighted by Gasteiger charge is 2.12. The Morgan fingerprint density at radius 3 is 2.27 bits per heavy atom. The quantitative estimate of drug-likeness (QED) is 0.862. The molecule has 1 aromatic heterocycles. The molecule has 0 amide bonds. The van der Waals surface area contributed by atoms with E-state index in [4.69, 9.17) is 5.26 Å². The summed E-state index contributed by atoms with van der Waals surface area (Å²) < 4.78 is 1.38. The molecule has 0 N–H and O–H groups in total. The lowest BCUT2D eigenvalue weighted by atomic mass is 9.87. The molecule has 0 radical (unpaired) electrons. The number of hydrogen-bond donors (Lipinski definition) is 0. The molecule has 1 aromatic carbocycles. The van der Waals surface area contributed by atoms with E-state index in [9.17, 15) is 4.79 Å². The molecule has 0 spiro atoms. The summed E-state index contributed by atoms with van der Waals surface area (Å²) in [7, 11) is 0. The standard InChI is InChI=1S/C19H20N2O/c1-19(2,3)17-8-6-15(7-9-17)4-5-16-10-12-21(13-11-20)18(22)14-16/h4-10,12,14H,13H2,1-3H3/b5-4+. The van der Waals surface area contributed by atoms with Gasteiger partial charge in [-0.05, 0) is 28.2 Å². The Bertz CT molecular complexity index is 769. The molecule has 0 bridgehead atoms. The Morgan fingerprint density at radius 1 is 1.09 bits per heavy atom. The summed E-state index contributed by atoms with van der Waals surface area (Å²) in [5.74, 6) is 0. The van der Waals surface area contributed by atoms with Crippen molar-refractivity contribution in [3.05, 3.63) is 69.6 Å². The van der Waals surface area contributed by atoms with Gasteiger partial charge in [0.2, 0.25) is 0 Å². The van der Waals surface area contributed by atoms with E-state index in [-0.39, 0.29) is 17.5 Å². The minimum absolute atomic E-state index is 0.0804. The third kappa shape index (κ3) is 3.95. The maximum Gasteiger partial charge on any atom is 0.252 e. The monoisotopic (exact) mass is 292 g/mol. The SMILES string of the molecule is CC(C)(C)c1ccc(/C=C/c2ccn(CC#N)c(=O)c2)cc1. The Labute approximate surface area is 131 Å². The number of rotatable bonds is 3. The summed E-state index contributed by atoms with van der Waals surface area (Å²) in [6, 6.07) is 13.7. The van der Waals surface area contributed by atoms with Gasteiger partial charge in [-0.25, -0.2) is 0 Å². The van der Waals surface area contributed by atoms with Crippen molar-refractivity contribution >= 4 is 12.2 Å². The molecular weight excluding hydrogens is 272 g/mol. The highest BCUT2D eigenvalue weighted by atomic mass is 16.1. The van der Waals surface area contributed by atoms with Gasteiger partial charge in [0.25, 0.3) is 5.56 Å². The van der Waals surface area contributed by atoms with Crippen LogP contribution in [0.15, 0.2) is 47.4 Å². The second-order valence-electron chi connectivity index (χ2n) is 6.29. The lowest BCUT2D eigenvalue weighted by Crippen LogP contribution is -2.17. The zero-order valence-corrected chi connectivity index (χ0v) is 13.2. The highest BCUT2D eigenvalue weighted by molar-refractivity contribution is 5.69. The predicted octanol–water partition coefficient (Wildman–Crippen LogP) is 3.84. The van der Waals surface area contributed by atoms with Gasteiger partial charge >= 0.3 is 0 Å². The molecule has 3 nitrogen and oxygen atoms in total. The van der Waals surface area contributed by atoms with Crippen molar-refractivity contribution in [1.29, 1.82) is 5.26 Å². The summed E-state index contributed by atoms with van der Waals surface area (Å²) in [5.41, 5.74) is 3.21. The molecule has 0 atom stereocenters. The maximum atomic E-state index is 11.8. The van der Waals surface area contributed by atoms with Gasteiger partial charge in [-0.1, -0.05) is 57.2 Å². The normalized spacial score (nSPS) is 11.5. The van der Waals surface area contributed by atoms with Crippen molar-refractivity contribution in [3.63, 3.8) is 0 Å². The van der Waals surface area contributed by atoms with Crippen LogP contribution in [0.1, 0.15) is 37.5 Å². The van der Waals surface area contributed by atoms with Crippen molar-refractivity contribution in [2.24, 2.45) is 0 Å². The van der Waals surface area contributed by atoms with Gasteiger partial charge in [0.05, 0.1) is 6.07 Å². The minimum Gasteiger partial charge on any atom is -0.302 e. The Morgan fingerprint density at radius 2 is 1.73 bits per heavy atom. The zero-order chi connectivity index (χ0) is 16.2. The van der Waals surface area contributed by atoms with Crippen LogP contribution >= 0.6 is 0 Å². The number of hydrogen-bond acceptors (Lipinski definition) is 2. The topological polar surface area (TPSA) is 45.8 Å². The van der Waals surface area contributed by atoms with E-state index in [0.29, 0.717) is 0 Å². The molecule has 22 heavy (non-hydrogen) atoms. The van der Waals surface area contributed by atoms with Crippen LogP contribution in [0.2, 0.25) is 0 Å². The number of pyridine rings is 1. The van der Waals surface area contributed by atoms with Crippen LogP contribution in [-0.4, -0.2) is 4.57 Å². The maximum absolute atomic E-state index is 11.8. The van der Waals surface area contributed by atoms with E-state index < -0.39 is 0 Å². The summed E-state index contributed by atoms with van der Waals surface area (Å²) in [6.45, 7) is 6.65. The van der Waals surface area contributed by atoms with Gasteiger partial charge in [-0.15, -0.1) is 0 Å². The van der Waals surface area contributed by atoms with Crippen LogP contribution < -0.4 is 5.56 Å². The first-order valence-electron chi connectivity index (χ1n) is 7.26. The fourth-order valence-corrected chi connectivity index (χ4v) is 2.12. The second kappa shape index (κ2) is 6.44. The van der Waals surface area contributed by atoms with Gasteiger partial charge in [-0.2, -0.15) is 5.26 Å². The van der Waals surface area contributed by atoms with Crippen molar-refractivity contribution < 1.29 is 0 Å². The first kappa shape index (κ1) is 15.8.